The Morgan fingerprint density at radius 2 is 1.97 bits per heavy atom. The Morgan fingerprint density at radius 3 is 2.71 bits per heavy atom. The third-order valence-electron chi connectivity index (χ3n) is 5.60. The molecule has 1 saturated heterocycles. The number of hydrogen-bond donors (Lipinski definition) is 1. The van der Waals surface area contributed by atoms with Crippen LogP contribution >= 0.6 is 11.6 Å². The number of aromatic amines is 1. The zero-order chi connectivity index (χ0) is 21.4. The van der Waals surface area contributed by atoms with E-state index < -0.39 is 0 Å². The molecule has 158 valence electrons. The second kappa shape index (κ2) is 7.99. The van der Waals surface area contributed by atoms with E-state index in [2.05, 4.69) is 20.3 Å². The van der Waals surface area contributed by atoms with E-state index in [1.54, 1.807) is 21.7 Å². The Labute approximate surface area is 181 Å². The summed E-state index contributed by atoms with van der Waals surface area (Å²) in [6, 6.07) is 9.00. The van der Waals surface area contributed by atoms with Crippen molar-refractivity contribution in [2.24, 2.45) is 0 Å². The number of benzene rings is 1. The van der Waals surface area contributed by atoms with Crippen molar-refractivity contribution in [3.8, 4) is 11.5 Å². The van der Waals surface area contributed by atoms with Gasteiger partial charge in [-0.05, 0) is 30.5 Å². The molecule has 3 aromatic heterocycles. The van der Waals surface area contributed by atoms with Gasteiger partial charge >= 0.3 is 0 Å². The maximum Gasteiger partial charge on any atom is 0.253 e. The minimum atomic E-state index is -0.219. The Morgan fingerprint density at radius 1 is 1.19 bits per heavy atom. The molecule has 1 aromatic carbocycles. The number of likely N-dealkylation sites (tertiary alicyclic amines) is 1. The molecule has 10 heteroatoms. The Hall–Kier alpha value is -3.46. The predicted octanol–water partition coefficient (Wildman–Crippen LogP) is 2.65. The molecule has 1 aliphatic rings. The molecule has 0 aliphatic carbocycles. The number of halogens is 1. The molecular weight excluding hydrogens is 420 g/mol. The molecule has 4 heterocycles. The van der Waals surface area contributed by atoms with Gasteiger partial charge in [0, 0.05) is 30.1 Å². The molecule has 0 spiro atoms. The van der Waals surface area contributed by atoms with Crippen LogP contribution in [0.4, 0.5) is 0 Å². The number of carbonyl (C=O) groups excluding carboxylic acids is 1. The molecule has 1 fully saturated rings. The van der Waals surface area contributed by atoms with Crippen LogP contribution in [0.5, 0.6) is 0 Å². The number of nitrogens with one attached hydrogen (secondary N) is 1. The van der Waals surface area contributed by atoms with Crippen molar-refractivity contribution in [3.05, 3.63) is 69.1 Å². The van der Waals surface area contributed by atoms with E-state index in [9.17, 15) is 9.59 Å². The molecule has 4 aromatic rings. The fraction of sp³-hybridized carbons (Fsp3) is 0.286. The number of nitrogens with zero attached hydrogens (tertiary/aromatic N) is 5. The number of H-pyrrole nitrogens is 1. The lowest BCUT2D eigenvalue weighted by molar-refractivity contribution is -0.119. The average Bonchev–Trinajstić information content (AvgIpc) is 3.41. The quantitative estimate of drug-likeness (QED) is 0.480. The lowest BCUT2D eigenvalue weighted by atomic mass is 9.93. The number of carbonyl (C=O) groups is 1. The van der Waals surface area contributed by atoms with Gasteiger partial charge in [-0.25, -0.2) is 4.52 Å². The average molecular weight is 439 g/mol. The van der Waals surface area contributed by atoms with Crippen LogP contribution in [0.2, 0.25) is 5.02 Å². The van der Waals surface area contributed by atoms with E-state index in [1.807, 2.05) is 24.3 Å². The number of piperidine rings is 1. The largest absolute Gasteiger partial charge is 0.420 e. The first kappa shape index (κ1) is 19.5. The summed E-state index contributed by atoms with van der Waals surface area (Å²) in [7, 11) is 0. The standard InChI is InChI=1S/C21H19ClN6O3/c22-15-3-1-13(2-4-15)9-19-25-26-21(31-19)16-11-23-28-17(10-18(30)24-20(16)28)14-5-7-27(12-29)8-6-14/h1-4,10-12,14H,5-9H2,(H,24,30). The van der Waals surface area contributed by atoms with Crippen molar-refractivity contribution < 1.29 is 9.21 Å². The minimum absolute atomic E-state index is 0.136. The smallest absolute Gasteiger partial charge is 0.253 e. The molecule has 0 atom stereocenters. The summed E-state index contributed by atoms with van der Waals surface area (Å²) in [4.78, 5) is 28.0. The van der Waals surface area contributed by atoms with E-state index in [0.29, 0.717) is 47.5 Å². The number of rotatable bonds is 5. The summed E-state index contributed by atoms with van der Waals surface area (Å²) in [6.07, 6.45) is 4.51. The van der Waals surface area contributed by atoms with E-state index in [4.69, 9.17) is 16.0 Å². The highest BCUT2D eigenvalue weighted by molar-refractivity contribution is 6.30. The van der Waals surface area contributed by atoms with E-state index >= 15 is 0 Å². The summed E-state index contributed by atoms with van der Waals surface area (Å²) in [5.41, 5.74) is 2.68. The van der Waals surface area contributed by atoms with Crippen LogP contribution < -0.4 is 5.56 Å². The molecule has 0 bridgehead atoms. The topological polar surface area (TPSA) is 109 Å². The molecule has 0 radical (unpaired) electrons. The van der Waals surface area contributed by atoms with Crippen molar-refractivity contribution in [2.45, 2.75) is 25.2 Å². The van der Waals surface area contributed by atoms with Crippen LogP contribution in [-0.4, -0.2) is 49.2 Å². The fourth-order valence-electron chi connectivity index (χ4n) is 3.97. The van der Waals surface area contributed by atoms with Crippen molar-refractivity contribution in [2.75, 3.05) is 13.1 Å². The SMILES string of the molecule is O=CN1CCC(c2cc(=O)[nH]c3c(-c4nnc(Cc5ccc(Cl)cc5)o4)cnn23)CC1. The number of aromatic nitrogens is 5. The summed E-state index contributed by atoms with van der Waals surface area (Å²) in [5, 5.41) is 13.4. The molecule has 1 amide bonds. The Bertz CT molecular complexity index is 1280. The normalized spacial score (nSPS) is 14.9. The third-order valence-corrected chi connectivity index (χ3v) is 5.85. The van der Waals surface area contributed by atoms with Gasteiger partial charge < -0.3 is 14.3 Å². The molecular formula is C21H19ClN6O3. The second-order valence-electron chi connectivity index (χ2n) is 7.60. The van der Waals surface area contributed by atoms with Crippen LogP contribution in [-0.2, 0) is 11.2 Å². The first-order valence-corrected chi connectivity index (χ1v) is 10.4. The van der Waals surface area contributed by atoms with Crippen LogP contribution in [0.15, 0.2) is 45.7 Å². The summed E-state index contributed by atoms with van der Waals surface area (Å²) >= 11 is 5.93. The maximum atomic E-state index is 12.4. The fourth-order valence-corrected chi connectivity index (χ4v) is 4.10. The Kier molecular flexibility index (Phi) is 5.03. The van der Waals surface area contributed by atoms with Gasteiger partial charge in [0.1, 0.15) is 11.2 Å². The third kappa shape index (κ3) is 3.84. The number of amides is 1. The molecule has 1 N–H and O–H groups in total. The van der Waals surface area contributed by atoms with Crippen molar-refractivity contribution in [1.82, 2.24) is 29.7 Å². The van der Waals surface area contributed by atoms with E-state index in [-0.39, 0.29) is 11.5 Å². The van der Waals surface area contributed by atoms with Gasteiger partial charge in [-0.1, -0.05) is 23.7 Å². The minimum Gasteiger partial charge on any atom is -0.420 e. The number of fused-ring (bicyclic) bond motifs is 1. The van der Waals surface area contributed by atoms with Crippen LogP contribution in [0.1, 0.15) is 35.9 Å². The molecule has 0 unspecified atom stereocenters. The van der Waals surface area contributed by atoms with Gasteiger partial charge in [0.2, 0.25) is 12.3 Å². The molecule has 1 aliphatic heterocycles. The highest BCUT2D eigenvalue weighted by Gasteiger charge is 2.24. The van der Waals surface area contributed by atoms with Gasteiger partial charge in [0.15, 0.2) is 0 Å². The van der Waals surface area contributed by atoms with Crippen LogP contribution in [0.25, 0.3) is 17.1 Å². The first-order valence-electron chi connectivity index (χ1n) is 9.98. The van der Waals surface area contributed by atoms with Crippen LogP contribution in [0.3, 0.4) is 0 Å². The predicted molar refractivity (Wildman–Crippen MR) is 113 cm³/mol. The molecule has 9 nitrogen and oxygen atoms in total. The van der Waals surface area contributed by atoms with Gasteiger partial charge in [0.05, 0.1) is 18.3 Å². The monoisotopic (exact) mass is 438 g/mol. The zero-order valence-electron chi connectivity index (χ0n) is 16.5. The summed E-state index contributed by atoms with van der Waals surface area (Å²) in [6.45, 7) is 1.32. The van der Waals surface area contributed by atoms with Gasteiger partial charge in [-0.3, -0.25) is 9.59 Å². The number of hydrogen-bond acceptors (Lipinski definition) is 6. The maximum absolute atomic E-state index is 12.4. The molecule has 0 saturated carbocycles. The van der Waals surface area contributed by atoms with E-state index in [1.165, 1.54) is 0 Å². The van der Waals surface area contributed by atoms with Gasteiger partial charge in [0.25, 0.3) is 11.4 Å². The highest BCUT2D eigenvalue weighted by Crippen LogP contribution is 2.29. The van der Waals surface area contributed by atoms with Crippen LogP contribution in [0, 0.1) is 0 Å². The second-order valence-corrected chi connectivity index (χ2v) is 8.03. The van der Waals surface area contributed by atoms with Crippen molar-refractivity contribution in [1.29, 1.82) is 0 Å². The van der Waals surface area contributed by atoms with Crippen molar-refractivity contribution in [3.63, 3.8) is 0 Å². The first-order chi connectivity index (χ1) is 15.1. The lowest BCUT2D eigenvalue weighted by Gasteiger charge is -2.29. The van der Waals surface area contributed by atoms with Gasteiger partial charge in [-0.2, -0.15) is 5.10 Å². The zero-order valence-corrected chi connectivity index (χ0v) is 17.2. The molecule has 31 heavy (non-hydrogen) atoms. The van der Waals surface area contributed by atoms with Gasteiger partial charge in [-0.15, -0.1) is 10.2 Å². The molecule has 5 rings (SSSR count). The summed E-state index contributed by atoms with van der Waals surface area (Å²) in [5.74, 6) is 0.885. The Balaban J connectivity index is 1.46. The van der Waals surface area contributed by atoms with Crippen molar-refractivity contribution >= 4 is 23.7 Å². The van der Waals surface area contributed by atoms with E-state index in [0.717, 1.165) is 30.5 Å². The highest BCUT2D eigenvalue weighted by atomic mass is 35.5. The summed E-state index contributed by atoms with van der Waals surface area (Å²) < 4.78 is 7.57. The lowest BCUT2D eigenvalue weighted by Crippen LogP contribution is -2.32.